The van der Waals surface area contributed by atoms with E-state index in [4.69, 9.17) is 22.7 Å². The average Bonchev–Trinajstić information content (AvgIpc) is 3.32. The number of methoxy groups -OCH3 is 1. The summed E-state index contributed by atoms with van der Waals surface area (Å²) in [5, 5.41) is 12.8. The number of nitrogens with zero attached hydrogens (tertiary/aromatic N) is 1. The van der Waals surface area contributed by atoms with E-state index >= 15 is 0 Å². The van der Waals surface area contributed by atoms with Crippen molar-refractivity contribution in [1.29, 1.82) is 0 Å². The van der Waals surface area contributed by atoms with E-state index in [9.17, 15) is 14.4 Å². The van der Waals surface area contributed by atoms with Crippen LogP contribution in [0.4, 0.5) is 0 Å². The Labute approximate surface area is 237 Å². The highest BCUT2D eigenvalue weighted by Gasteiger charge is 2.47. The lowest BCUT2D eigenvalue weighted by atomic mass is 9.90. The fraction of sp³-hybridized carbons (Fsp3) is 0.643. The second-order valence-corrected chi connectivity index (χ2v) is 10.7. The van der Waals surface area contributed by atoms with Crippen LogP contribution in [0.3, 0.4) is 0 Å². The third-order valence-corrected chi connectivity index (χ3v) is 8.04. The lowest BCUT2D eigenvalue weighted by molar-refractivity contribution is -0.143. The molecule has 10 nitrogen and oxygen atoms in total. The molecule has 2 heterocycles. The Hall–Kier alpha value is -2.92. The van der Waals surface area contributed by atoms with Gasteiger partial charge >= 0.3 is 0 Å². The van der Waals surface area contributed by atoms with Crippen molar-refractivity contribution >= 4 is 35.1 Å². The van der Waals surface area contributed by atoms with Crippen molar-refractivity contribution in [2.75, 3.05) is 26.7 Å². The second kappa shape index (κ2) is 15.0. The molecule has 2 aliphatic heterocycles. The van der Waals surface area contributed by atoms with Crippen LogP contribution in [0.15, 0.2) is 24.3 Å². The molecule has 2 aliphatic rings. The highest BCUT2D eigenvalue weighted by Crippen LogP contribution is 2.35. The van der Waals surface area contributed by atoms with E-state index in [-0.39, 0.29) is 29.7 Å². The molecule has 2 fully saturated rings. The van der Waals surface area contributed by atoms with E-state index in [1.807, 2.05) is 38.1 Å². The molecule has 0 saturated carbocycles. The fourth-order valence-corrected chi connectivity index (χ4v) is 5.71. The molecule has 216 valence electrons. The van der Waals surface area contributed by atoms with Gasteiger partial charge in [-0.05, 0) is 87.7 Å². The van der Waals surface area contributed by atoms with Crippen molar-refractivity contribution in [2.45, 2.75) is 83.0 Å². The minimum Gasteiger partial charge on any atom is -0.497 e. The van der Waals surface area contributed by atoms with Crippen LogP contribution in [0, 0.1) is 5.92 Å². The number of hydrogen-bond donors (Lipinski definition) is 5. The average molecular weight is 561 g/mol. The third kappa shape index (κ3) is 8.28. The normalized spacial score (nSPS) is 23.3. The molecule has 11 heteroatoms. The number of carbonyl (C=O) groups excluding carboxylic acids is 3. The summed E-state index contributed by atoms with van der Waals surface area (Å²) >= 11 is 5.27. The smallest absolute Gasteiger partial charge is 0.246 e. The highest BCUT2D eigenvalue weighted by atomic mass is 32.1. The molecule has 0 aliphatic carbocycles. The number of fused-ring (bicyclic) bond motifs is 1. The topological polar surface area (TPSA) is 138 Å². The van der Waals surface area contributed by atoms with Gasteiger partial charge in [0.05, 0.1) is 13.2 Å². The van der Waals surface area contributed by atoms with Crippen molar-refractivity contribution in [3.8, 4) is 5.75 Å². The van der Waals surface area contributed by atoms with E-state index in [0.717, 1.165) is 37.1 Å². The largest absolute Gasteiger partial charge is 0.497 e. The second-order valence-electron chi connectivity index (χ2n) is 10.3. The minimum atomic E-state index is -0.734. The van der Waals surface area contributed by atoms with Gasteiger partial charge in [-0.25, -0.2) is 0 Å². The molecule has 39 heavy (non-hydrogen) atoms. The third-order valence-electron chi connectivity index (χ3n) is 7.75. The van der Waals surface area contributed by atoms with Crippen LogP contribution in [0.1, 0.15) is 57.9 Å². The zero-order chi connectivity index (χ0) is 28.4. The van der Waals surface area contributed by atoms with Gasteiger partial charge in [0.25, 0.3) is 0 Å². The summed E-state index contributed by atoms with van der Waals surface area (Å²) in [6, 6.07) is 5.76. The van der Waals surface area contributed by atoms with Crippen LogP contribution in [0.2, 0.25) is 0 Å². The molecule has 5 atom stereocenters. The number of nitrogens with one attached hydrogen (secondary N) is 4. The van der Waals surface area contributed by atoms with Gasteiger partial charge in [0.2, 0.25) is 17.7 Å². The zero-order valence-corrected chi connectivity index (χ0v) is 24.1. The first-order valence-electron chi connectivity index (χ1n) is 14.1. The molecule has 1 aromatic rings. The Morgan fingerprint density at radius 2 is 1.79 bits per heavy atom. The fourth-order valence-electron chi connectivity index (χ4n) is 5.46. The van der Waals surface area contributed by atoms with Crippen molar-refractivity contribution in [3.05, 3.63) is 29.8 Å². The molecule has 3 amide bonds. The lowest BCUT2D eigenvalue weighted by Crippen LogP contribution is -2.58. The molecule has 1 aromatic carbocycles. The number of hydrogen-bond acceptors (Lipinski definition) is 6. The van der Waals surface area contributed by atoms with Crippen molar-refractivity contribution in [3.63, 3.8) is 0 Å². The predicted octanol–water partition coefficient (Wildman–Crippen LogP) is 1.22. The van der Waals surface area contributed by atoms with Gasteiger partial charge in [-0.3, -0.25) is 14.4 Å². The first-order valence-corrected chi connectivity index (χ1v) is 14.5. The Balaban J connectivity index is 1.67. The maximum Gasteiger partial charge on any atom is 0.246 e. The van der Waals surface area contributed by atoms with Gasteiger partial charge in [0.15, 0.2) is 5.11 Å². The van der Waals surface area contributed by atoms with Gasteiger partial charge in [-0.1, -0.05) is 19.1 Å². The van der Waals surface area contributed by atoms with Crippen molar-refractivity contribution < 1.29 is 19.1 Å². The molecule has 2 saturated heterocycles. The molecule has 0 spiro atoms. The molecular weight excluding hydrogens is 516 g/mol. The van der Waals surface area contributed by atoms with E-state index in [2.05, 4.69) is 21.3 Å². The van der Waals surface area contributed by atoms with Gasteiger partial charge in [-0.2, -0.15) is 0 Å². The summed E-state index contributed by atoms with van der Waals surface area (Å²) in [6.07, 6.45) is 4.74. The minimum absolute atomic E-state index is 0.0186. The number of benzene rings is 1. The SMILES string of the molecule is CCNC(=S)NCC[C@H]1CC[C@H]2CC[C@@H](C(=O)NCCc3ccc(OC)cc3)N2C(=O)[C@H]1NC(=O)[C@@H](N)CC. The van der Waals surface area contributed by atoms with Crippen molar-refractivity contribution in [2.24, 2.45) is 11.7 Å². The van der Waals surface area contributed by atoms with Crippen LogP contribution < -0.4 is 31.7 Å². The summed E-state index contributed by atoms with van der Waals surface area (Å²) < 4.78 is 5.20. The number of nitrogens with two attached hydrogens (primary N) is 1. The van der Waals surface area contributed by atoms with E-state index in [1.54, 1.807) is 12.0 Å². The van der Waals surface area contributed by atoms with Crippen LogP contribution in [0.5, 0.6) is 5.75 Å². The Bertz CT molecular complexity index is 991. The molecule has 0 radical (unpaired) electrons. The van der Waals surface area contributed by atoms with Crippen LogP contribution in [-0.2, 0) is 20.8 Å². The van der Waals surface area contributed by atoms with Gasteiger partial charge in [0, 0.05) is 25.7 Å². The first-order chi connectivity index (χ1) is 18.8. The molecule has 0 bridgehead atoms. The van der Waals surface area contributed by atoms with Gasteiger partial charge in [0.1, 0.15) is 17.8 Å². The number of rotatable bonds is 12. The maximum atomic E-state index is 14.0. The maximum absolute atomic E-state index is 14.0. The molecule has 0 unspecified atom stereocenters. The number of carbonyl (C=O) groups is 3. The Morgan fingerprint density at radius 3 is 2.46 bits per heavy atom. The standard InChI is InChI=1S/C28H44N6O4S/c1-4-22(29)25(35)33-24-19(15-17-32-28(39)30-5-2)8-9-20-10-13-23(34(20)27(24)37)26(36)31-16-14-18-6-11-21(38-3)12-7-18/h6-7,11-12,19-20,22-24H,4-5,8-10,13-17,29H2,1-3H3,(H,31,36)(H,33,35)(H2,30,32,39)/t19-,20+,22+,23+,24+/m1/s1. The Kier molecular flexibility index (Phi) is 11.8. The monoisotopic (exact) mass is 560 g/mol. The van der Waals surface area contributed by atoms with E-state index in [1.165, 1.54) is 0 Å². The zero-order valence-electron chi connectivity index (χ0n) is 23.3. The van der Waals surface area contributed by atoms with Crippen LogP contribution in [0.25, 0.3) is 0 Å². The molecule has 3 rings (SSSR count). The number of amides is 3. The highest BCUT2D eigenvalue weighted by molar-refractivity contribution is 7.80. The van der Waals surface area contributed by atoms with Gasteiger partial charge < -0.3 is 36.6 Å². The van der Waals surface area contributed by atoms with Crippen LogP contribution >= 0.6 is 12.2 Å². The summed E-state index contributed by atoms with van der Waals surface area (Å²) in [4.78, 5) is 41.8. The summed E-state index contributed by atoms with van der Waals surface area (Å²) in [6.45, 7) is 5.59. The van der Waals surface area contributed by atoms with Crippen molar-refractivity contribution in [1.82, 2.24) is 26.2 Å². The summed E-state index contributed by atoms with van der Waals surface area (Å²) in [5.41, 5.74) is 7.08. The van der Waals surface area contributed by atoms with Crippen LogP contribution in [-0.4, -0.2) is 78.6 Å². The quantitative estimate of drug-likeness (QED) is 0.241. The van der Waals surface area contributed by atoms with E-state index in [0.29, 0.717) is 43.9 Å². The molecule has 0 aromatic heterocycles. The lowest BCUT2D eigenvalue weighted by Gasteiger charge is -2.32. The van der Waals surface area contributed by atoms with E-state index < -0.39 is 18.1 Å². The van der Waals surface area contributed by atoms with Gasteiger partial charge in [-0.15, -0.1) is 0 Å². The molecular formula is C28H44N6O4S. The summed E-state index contributed by atoms with van der Waals surface area (Å²) in [7, 11) is 1.63. The summed E-state index contributed by atoms with van der Waals surface area (Å²) in [5.74, 6) is 0.0179. The first kappa shape index (κ1) is 30.6. The number of ether oxygens (including phenoxy) is 1. The Morgan fingerprint density at radius 1 is 1.08 bits per heavy atom. The predicted molar refractivity (Wildman–Crippen MR) is 155 cm³/mol. The number of thiocarbonyl (C=S) groups is 1. The molecule has 6 N–H and O–H groups in total.